The molecule has 0 saturated heterocycles. The minimum absolute atomic E-state index is 0.103. The molecular formula is C11H14FNO4S. The summed E-state index contributed by atoms with van der Waals surface area (Å²) in [5, 5.41) is 8.77. The molecule has 100 valence electrons. The van der Waals surface area contributed by atoms with E-state index in [0.29, 0.717) is 0 Å². The first kappa shape index (κ1) is 14.6. The van der Waals surface area contributed by atoms with Crippen LogP contribution in [0.15, 0.2) is 29.2 Å². The van der Waals surface area contributed by atoms with Crippen molar-refractivity contribution in [2.45, 2.75) is 24.8 Å². The fourth-order valence-electron chi connectivity index (χ4n) is 1.24. The molecule has 0 aliphatic heterocycles. The molecule has 0 spiro atoms. The Morgan fingerprint density at radius 2 is 1.78 bits per heavy atom. The molecule has 0 radical (unpaired) electrons. The Balaban J connectivity index is 2.89. The monoisotopic (exact) mass is 275 g/mol. The van der Waals surface area contributed by atoms with Gasteiger partial charge in [0.05, 0.1) is 10.8 Å². The fraction of sp³-hybridized carbons (Fsp3) is 0.364. The van der Waals surface area contributed by atoms with Gasteiger partial charge in [0.25, 0.3) is 0 Å². The van der Waals surface area contributed by atoms with Gasteiger partial charge < -0.3 is 5.11 Å². The maximum atomic E-state index is 12.7. The third kappa shape index (κ3) is 3.51. The largest absolute Gasteiger partial charge is 0.481 e. The quantitative estimate of drug-likeness (QED) is 0.846. The second kappa shape index (κ2) is 5.45. The lowest BCUT2D eigenvalue weighted by Crippen LogP contribution is -2.39. The highest BCUT2D eigenvalue weighted by atomic mass is 32.2. The Morgan fingerprint density at radius 1 is 1.28 bits per heavy atom. The first-order valence-corrected chi connectivity index (χ1v) is 6.73. The van der Waals surface area contributed by atoms with Crippen LogP contribution >= 0.6 is 0 Å². The molecule has 18 heavy (non-hydrogen) atoms. The highest BCUT2D eigenvalue weighted by Gasteiger charge is 2.25. The van der Waals surface area contributed by atoms with Crippen LogP contribution in [0, 0.1) is 11.7 Å². The lowest BCUT2D eigenvalue weighted by Gasteiger charge is -2.17. The Morgan fingerprint density at radius 3 is 2.22 bits per heavy atom. The Hall–Kier alpha value is -1.47. The molecule has 1 aromatic rings. The van der Waals surface area contributed by atoms with Gasteiger partial charge in [-0.05, 0) is 31.2 Å². The van der Waals surface area contributed by atoms with E-state index in [0.717, 1.165) is 24.3 Å². The molecule has 0 aromatic heterocycles. The van der Waals surface area contributed by atoms with Gasteiger partial charge in [-0.15, -0.1) is 0 Å². The number of hydrogen-bond donors (Lipinski definition) is 2. The molecule has 0 aliphatic carbocycles. The van der Waals surface area contributed by atoms with E-state index < -0.39 is 33.8 Å². The van der Waals surface area contributed by atoms with Gasteiger partial charge in [-0.1, -0.05) is 6.92 Å². The van der Waals surface area contributed by atoms with Gasteiger partial charge in [-0.3, -0.25) is 4.79 Å². The summed E-state index contributed by atoms with van der Waals surface area (Å²) in [6, 6.07) is 3.53. The van der Waals surface area contributed by atoms with Gasteiger partial charge in [0.1, 0.15) is 5.82 Å². The molecule has 1 rings (SSSR count). The topological polar surface area (TPSA) is 83.5 Å². The van der Waals surface area contributed by atoms with Gasteiger partial charge in [0.15, 0.2) is 0 Å². The van der Waals surface area contributed by atoms with E-state index in [1.54, 1.807) is 0 Å². The Bertz CT molecular complexity index is 526. The van der Waals surface area contributed by atoms with Gasteiger partial charge in [0, 0.05) is 6.04 Å². The van der Waals surface area contributed by atoms with Gasteiger partial charge >= 0.3 is 5.97 Å². The van der Waals surface area contributed by atoms with Crippen LogP contribution in [0.5, 0.6) is 0 Å². The molecule has 0 fully saturated rings. The molecule has 0 aliphatic rings. The zero-order valence-corrected chi connectivity index (χ0v) is 10.7. The second-order valence-electron chi connectivity index (χ2n) is 3.99. The van der Waals surface area contributed by atoms with Gasteiger partial charge in [0.2, 0.25) is 10.0 Å². The van der Waals surface area contributed by atoms with Crippen molar-refractivity contribution in [1.82, 2.24) is 4.72 Å². The summed E-state index contributed by atoms with van der Waals surface area (Å²) in [7, 11) is -3.83. The van der Waals surface area contributed by atoms with Crippen molar-refractivity contribution < 1.29 is 22.7 Å². The number of hydrogen-bond acceptors (Lipinski definition) is 3. The van der Waals surface area contributed by atoms with Crippen molar-refractivity contribution in [3.8, 4) is 0 Å². The number of carboxylic acids is 1. The van der Waals surface area contributed by atoms with E-state index in [4.69, 9.17) is 5.11 Å². The zero-order valence-electron chi connectivity index (χ0n) is 9.92. The van der Waals surface area contributed by atoms with E-state index in [9.17, 15) is 17.6 Å². The standard InChI is InChI=1S/C11H14FNO4S/c1-7(11(14)15)8(2)13-18(16,17)10-5-3-9(12)4-6-10/h3-8,13H,1-2H3,(H,14,15). The first-order chi connectivity index (χ1) is 8.24. The summed E-state index contributed by atoms with van der Waals surface area (Å²) in [5.41, 5.74) is 0. The lowest BCUT2D eigenvalue weighted by molar-refractivity contribution is -0.141. The highest BCUT2D eigenvalue weighted by Crippen LogP contribution is 2.12. The number of nitrogens with one attached hydrogen (secondary N) is 1. The van der Waals surface area contributed by atoms with Crippen molar-refractivity contribution in [2.24, 2.45) is 5.92 Å². The van der Waals surface area contributed by atoms with Crippen molar-refractivity contribution in [1.29, 1.82) is 0 Å². The van der Waals surface area contributed by atoms with Crippen molar-refractivity contribution >= 4 is 16.0 Å². The molecule has 5 nitrogen and oxygen atoms in total. The average molecular weight is 275 g/mol. The molecule has 2 atom stereocenters. The lowest BCUT2D eigenvalue weighted by atomic mass is 10.1. The average Bonchev–Trinajstić information content (AvgIpc) is 2.27. The van der Waals surface area contributed by atoms with Crippen molar-refractivity contribution in [3.05, 3.63) is 30.1 Å². The summed E-state index contributed by atoms with van der Waals surface area (Å²) in [6.45, 7) is 2.86. The number of rotatable bonds is 5. The molecule has 0 bridgehead atoms. The minimum Gasteiger partial charge on any atom is -0.481 e. The molecule has 0 amide bonds. The molecule has 1 aromatic carbocycles. The minimum atomic E-state index is -3.83. The predicted octanol–water partition coefficient (Wildman–Crippen LogP) is 1.21. The fourth-order valence-corrected chi connectivity index (χ4v) is 2.57. The predicted molar refractivity (Wildman–Crippen MR) is 63.0 cm³/mol. The summed E-state index contributed by atoms with van der Waals surface area (Å²) < 4.78 is 38.6. The first-order valence-electron chi connectivity index (χ1n) is 5.25. The molecule has 7 heteroatoms. The number of carbonyl (C=O) groups is 1. The third-order valence-corrected chi connectivity index (χ3v) is 4.18. The van der Waals surface area contributed by atoms with Crippen molar-refractivity contribution in [3.63, 3.8) is 0 Å². The van der Waals surface area contributed by atoms with Gasteiger partial charge in [-0.25, -0.2) is 17.5 Å². The number of sulfonamides is 1. The van der Waals surface area contributed by atoms with Crippen LogP contribution in [-0.2, 0) is 14.8 Å². The van der Waals surface area contributed by atoms with Crippen LogP contribution in [0.4, 0.5) is 4.39 Å². The zero-order chi connectivity index (χ0) is 13.9. The van der Waals surface area contributed by atoms with E-state index >= 15 is 0 Å². The van der Waals surface area contributed by atoms with E-state index in [-0.39, 0.29) is 4.90 Å². The third-order valence-electron chi connectivity index (χ3n) is 2.60. The second-order valence-corrected chi connectivity index (χ2v) is 5.70. The van der Waals surface area contributed by atoms with E-state index in [2.05, 4.69) is 4.72 Å². The van der Waals surface area contributed by atoms with Crippen LogP contribution in [0.2, 0.25) is 0 Å². The number of aliphatic carboxylic acids is 1. The molecule has 0 heterocycles. The number of carboxylic acid groups (broad SMARTS) is 1. The molecular weight excluding hydrogens is 261 g/mol. The van der Waals surface area contributed by atoms with E-state index in [1.807, 2.05) is 0 Å². The van der Waals surface area contributed by atoms with Crippen molar-refractivity contribution in [2.75, 3.05) is 0 Å². The summed E-state index contributed by atoms with van der Waals surface area (Å²) in [5.74, 6) is -2.49. The normalized spacial score (nSPS) is 15.1. The SMILES string of the molecule is CC(NS(=O)(=O)c1ccc(F)cc1)C(C)C(=O)O. The number of benzene rings is 1. The Labute approximate surface area is 105 Å². The highest BCUT2D eigenvalue weighted by molar-refractivity contribution is 7.89. The maximum absolute atomic E-state index is 12.7. The van der Waals surface area contributed by atoms with Crippen LogP contribution in [0.25, 0.3) is 0 Å². The summed E-state index contributed by atoms with van der Waals surface area (Å²) >= 11 is 0. The van der Waals surface area contributed by atoms with Crippen LogP contribution < -0.4 is 4.72 Å². The summed E-state index contributed by atoms with van der Waals surface area (Å²) in [4.78, 5) is 10.6. The Kier molecular flexibility index (Phi) is 4.42. The number of halogens is 1. The summed E-state index contributed by atoms with van der Waals surface area (Å²) in [6.07, 6.45) is 0. The van der Waals surface area contributed by atoms with Crippen LogP contribution in [0.3, 0.4) is 0 Å². The van der Waals surface area contributed by atoms with Crippen LogP contribution in [0.1, 0.15) is 13.8 Å². The maximum Gasteiger partial charge on any atom is 0.307 e. The molecule has 2 unspecified atom stereocenters. The smallest absolute Gasteiger partial charge is 0.307 e. The van der Waals surface area contributed by atoms with Crippen LogP contribution in [-0.4, -0.2) is 25.5 Å². The molecule has 0 saturated carbocycles. The van der Waals surface area contributed by atoms with Gasteiger partial charge in [-0.2, -0.15) is 0 Å². The molecule has 2 N–H and O–H groups in total. The van der Waals surface area contributed by atoms with E-state index in [1.165, 1.54) is 13.8 Å².